The lowest BCUT2D eigenvalue weighted by Crippen LogP contribution is -2.16. The van der Waals surface area contributed by atoms with Crippen LogP contribution in [-0.2, 0) is 0 Å². The topological polar surface area (TPSA) is 34.9 Å². The van der Waals surface area contributed by atoms with Crippen LogP contribution in [0.25, 0.3) is 0 Å². The fourth-order valence-corrected chi connectivity index (χ4v) is 2.67. The third-order valence-corrected chi connectivity index (χ3v) is 3.47. The molecular weight excluding hydrogens is 184 g/mol. The van der Waals surface area contributed by atoms with Gasteiger partial charge in [0.05, 0.1) is 17.8 Å². The van der Waals surface area contributed by atoms with Crippen LogP contribution in [0.4, 0.5) is 0 Å². The molecule has 0 aromatic carbocycles. The maximum Gasteiger partial charge on any atom is 0.153 e. The second-order valence-electron chi connectivity index (χ2n) is 3.24. The minimum atomic E-state index is 0.493. The number of aldehydes is 1. The first kappa shape index (κ1) is 8.81. The first-order valence-electron chi connectivity index (χ1n) is 4.47. The Hall–Kier alpha value is -0.770. The number of carbonyl (C=O) groups excluding carboxylic acids is 1. The molecule has 70 valence electrons. The molecule has 3 nitrogen and oxygen atoms in total. The monoisotopic (exact) mass is 196 g/mol. The van der Waals surface area contributed by atoms with Crippen molar-refractivity contribution >= 4 is 18.0 Å². The van der Waals surface area contributed by atoms with E-state index >= 15 is 0 Å². The van der Waals surface area contributed by atoms with Gasteiger partial charge in [-0.25, -0.2) is 0 Å². The van der Waals surface area contributed by atoms with Crippen LogP contribution in [0.15, 0.2) is 12.4 Å². The fourth-order valence-electron chi connectivity index (χ4n) is 1.55. The number of hydrogen-bond acceptors (Lipinski definition) is 3. The molecule has 1 unspecified atom stereocenters. The number of hydrogen-bond donors (Lipinski definition) is 0. The highest BCUT2D eigenvalue weighted by Crippen LogP contribution is 2.25. The van der Waals surface area contributed by atoms with Crippen LogP contribution in [0.5, 0.6) is 0 Å². The van der Waals surface area contributed by atoms with Crippen LogP contribution in [0, 0.1) is 0 Å². The molecule has 0 N–H and O–H groups in total. The van der Waals surface area contributed by atoms with Gasteiger partial charge >= 0.3 is 0 Å². The number of aromatic nitrogens is 2. The molecule has 1 fully saturated rings. The zero-order chi connectivity index (χ0) is 9.10. The summed E-state index contributed by atoms with van der Waals surface area (Å²) in [5, 5.41) is 4.18. The Labute approximate surface area is 81.5 Å². The van der Waals surface area contributed by atoms with Gasteiger partial charge in [0.15, 0.2) is 6.29 Å². The summed E-state index contributed by atoms with van der Waals surface area (Å²) in [6.07, 6.45) is 6.76. The van der Waals surface area contributed by atoms with Crippen LogP contribution in [0.2, 0.25) is 0 Å². The Morgan fingerprint density at radius 3 is 3.23 bits per heavy atom. The summed E-state index contributed by atoms with van der Waals surface area (Å²) < 4.78 is 1.93. The third kappa shape index (κ3) is 1.94. The summed E-state index contributed by atoms with van der Waals surface area (Å²) in [7, 11) is 0. The van der Waals surface area contributed by atoms with Crippen LogP contribution in [-0.4, -0.2) is 27.6 Å². The van der Waals surface area contributed by atoms with Gasteiger partial charge in [-0.15, -0.1) is 0 Å². The molecule has 13 heavy (non-hydrogen) atoms. The van der Waals surface area contributed by atoms with E-state index in [0.717, 1.165) is 12.0 Å². The molecule has 1 saturated heterocycles. The minimum absolute atomic E-state index is 0.493. The fraction of sp³-hybridized carbons (Fsp3) is 0.556. The van der Waals surface area contributed by atoms with Crippen molar-refractivity contribution in [3.05, 3.63) is 18.0 Å². The second-order valence-corrected chi connectivity index (χ2v) is 4.39. The highest BCUT2D eigenvalue weighted by Gasteiger charge is 2.15. The van der Waals surface area contributed by atoms with E-state index in [0.29, 0.717) is 11.6 Å². The van der Waals surface area contributed by atoms with Crippen molar-refractivity contribution in [1.29, 1.82) is 0 Å². The first-order chi connectivity index (χ1) is 6.40. The number of thioether (sulfide) groups is 1. The first-order valence-corrected chi connectivity index (χ1v) is 5.62. The molecule has 1 aliphatic heterocycles. The van der Waals surface area contributed by atoms with Gasteiger partial charge in [0.1, 0.15) is 0 Å². The SMILES string of the molecule is O=Cc1cnn(C2CCCSC2)c1. The summed E-state index contributed by atoms with van der Waals surface area (Å²) in [5.74, 6) is 2.39. The molecule has 2 rings (SSSR count). The summed E-state index contributed by atoms with van der Waals surface area (Å²) >= 11 is 1.97. The van der Waals surface area contributed by atoms with Crippen molar-refractivity contribution in [2.45, 2.75) is 18.9 Å². The lowest BCUT2D eigenvalue weighted by molar-refractivity contribution is 0.112. The molecule has 1 aromatic heterocycles. The molecule has 1 aliphatic rings. The maximum atomic E-state index is 10.4. The van der Waals surface area contributed by atoms with Crippen LogP contribution in [0.1, 0.15) is 29.2 Å². The average Bonchev–Trinajstić information content (AvgIpc) is 2.67. The molecule has 0 radical (unpaired) electrons. The van der Waals surface area contributed by atoms with Crippen LogP contribution < -0.4 is 0 Å². The summed E-state index contributed by atoms with van der Waals surface area (Å²) in [4.78, 5) is 10.4. The average molecular weight is 196 g/mol. The van der Waals surface area contributed by atoms with Gasteiger partial charge in [-0.1, -0.05) is 0 Å². The third-order valence-electron chi connectivity index (χ3n) is 2.27. The van der Waals surface area contributed by atoms with E-state index in [1.54, 1.807) is 6.20 Å². The molecule has 1 aromatic rings. The van der Waals surface area contributed by atoms with Crippen molar-refractivity contribution in [2.75, 3.05) is 11.5 Å². The van der Waals surface area contributed by atoms with Crippen molar-refractivity contribution < 1.29 is 4.79 Å². The van der Waals surface area contributed by atoms with Gasteiger partial charge in [0.25, 0.3) is 0 Å². The Morgan fingerprint density at radius 1 is 1.69 bits per heavy atom. The Bertz CT molecular complexity index is 292. The highest BCUT2D eigenvalue weighted by atomic mass is 32.2. The van der Waals surface area contributed by atoms with Crippen molar-refractivity contribution in [1.82, 2.24) is 9.78 Å². The summed E-state index contributed by atoms with van der Waals surface area (Å²) in [5.41, 5.74) is 0.676. The van der Waals surface area contributed by atoms with E-state index in [2.05, 4.69) is 5.10 Å². The number of rotatable bonds is 2. The minimum Gasteiger partial charge on any atom is -0.298 e. The molecule has 0 spiro atoms. The molecule has 0 aliphatic carbocycles. The van der Waals surface area contributed by atoms with Crippen LogP contribution in [0.3, 0.4) is 0 Å². The van der Waals surface area contributed by atoms with Crippen LogP contribution >= 0.6 is 11.8 Å². The lowest BCUT2D eigenvalue weighted by atomic mass is 10.2. The van der Waals surface area contributed by atoms with E-state index in [4.69, 9.17) is 0 Å². The van der Waals surface area contributed by atoms with Gasteiger partial charge in [0.2, 0.25) is 0 Å². The van der Waals surface area contributed by atoms with Gasteiger partial charge < -0.3 is 0 Å². The van der Waals surface area contributed by atoms with E-state index in [1.165, 1.54) is 18.6 Å². The van der Waals surface area contributed by atoms with E-state index in [-0.39, 0.29) is 0 Å². The normalized spacial score (nSPS) is 22.9. The van der Waals surface area contributed by atoms with Gasteiger partial charge in [-0.2, -0.15) is 16.9 Å². The zero-order valence-corrected chi connectivity index (χ0v) is 8.17. The van der Waals surface area contributed by atoms with Crippen molar-refractivity contribution in [3.8, 4) is 0 Å². The number of carbonyl (C=O) groups is 1. The highest BCUT2D eigenvalue weighted by molar-refractivity contribution is 7.99. The standard InChI is InChI=1S/C9H12N2OS/c12-6-8-4-10-11(5-8)9-2-1-3-13-7-9/h4-6,9H,1-3,7H2. The molecule has 2 heterocycles. The predicted molar refractivity (Wildman–Crippen MR) is 53.2 cm³/mol. The van der Waals surface area contributed by atoms with Crippen molar-refractivity contribution in [3.63, 3.8) is 0 Å². The second kappa shape index (κ2) is 3.96. The molecule has 0 amide bonds. The van der Waals surface area contributed by atoms with Gasteiger partial charge in [-0.05, 0) is 18.6 Å². The quantitative estimate of drug-likeness (QED) is 0.676. The lowest BCUT2D eigenvalue weighted by Gasteiger charge is -2.21. The molecular formula is C9H12N2OS. The van der Waals surface area contributed by atoms with E-state index < -0.39 is 0 Å². The van der Waals surface area contributed by atoms with Gasteiger partial charge in [-0.3, -0.25) is 9.48 Å². The largest absolute Gasteiger partial charge is 0.298 e. The predicted octanol–water partition coefficient (Wildman–Crippen LogP) is 1.76. The smallest absolute Gasteiger partial charge is 0.153 e. The Morgan fingerprint density at radius 2 is 2.62 bits per heavy atom. The maximum absolute atomic E-state index is 10.4. The molecule has 0 bridgehead atoms. The summed E-state index contributed by atoms with van der Waals surface area (Å²) in [6, 6.07) is 0.493. The Balaban J connectivity index is 2.09. The van der Waals surface area contributed by atoms with Crippen molar-refractivity contribution in [2.24, 2.45) is 0 Å². The summed E-state index contributed by atoms with van der Waals surface area (Å²) in [6.45, 7) is 0. The Kier molecular flexibility index (Phi) is 2.68. The molecule has 0 saturated carbocycles. The molecule has 4 heteroatoms. The number of nitrogens with zero attached hydrogens (tertiary/aromatic N) is 2. The molecule has 1 atom stereocenters. The van der Waals surface area contributed by atoms with Gasteiger partial charge in [0, 0.05) is 11.9 Å². The zero-order valence-electron chi connectivity index (χ0n) is 7.35. The van der Waals surface area contributed by atoms with E-state index in [1.807, 2.05) is 22.6 Å². The van der Waals surface area contributed by atoms with E-state index in [9.17, 15) is 4.79 Å².